The summed E-state index contributed by atoms with van der Waals surface area (Å²) in [6.45, 7) is 3.53. The zero-order chi connectivity index (χ0) is 19.7. The zero-order valence-corrected chi connectivity index (χ0v) is 15.8. The predicted octanol–water partition coefficient (Wildman–Crippen LogP) is 1.24. The molecule has 2 amide bonds. The highest BCUT2D eigenvalue weighted by molar-refractivity contribution is 6.00. The van der Waals surface area contributed by atoms with Gasteiger partial charge < -0.3 is 15.7 Å². The number of halogens is 2. The number of carbonyl (C=O) groups is 2. The van der Waals surface area contributed by atoms with E-state index in [1.54, 1.807) is 13.8 Å². The highest BCUT2D eigenvalue weighted by Gasteiger charge is 2.38. The van der Waals surface area contributed by atoms with Crippen LogP contribution in [0.4, 0.5) is 8.78 Å². The Morgan fingerprint density at radius 2 is 2.04 bits per heavy atom. The normalized spacial score (nSPS) is 38.0. The van der Waals surface area contributed by atoms with Crippen LogP contribution in [-0.4, -0.2) is 53.6 Å². The first-order valence-corrected chi connectivity index (χ1v) is 9.78. The summed E-state index contributed by atoms with van der Waals surface area (Å²) < 4.78 is 27.4. The van der Waals surface area contributed by atoms with Gasteiger partial charge in [0.1, 0.15) is 18.6 Å². The van der Waals surface area contributed by atoms with Gasteiger partial charge in [0, 0.05) is 30.0 Å². The molecule has 152 valence electrons. The molecule has 2 fully saturated rings. The van der Waals surface area contributed by atoms with Gasteiger partial charge in [0.25, 0.3) is 0 Å². The van der Waals surface area contributed by atoms with Gasteiger partial charge in [-0.1, -0.05) is 0 Å². The van der Waals surface area contributed by atoms with E-state index in [2.05, 4.69) is 16.0 Å². The Kier molecular flexibility index (Phi) is 6.15. The molecule has 8 heteroatoms. The van der Waals surface area contributed by atoms with Gasteiger partial charge in [0.15, 0.2) is 0 Å². The summed E-state index contributed by atoms with van der Waals surface area (Å²) in [5.74, 6) is -1.02. The summed E-state index contributed by atoms with van der Waals surface area (Å²) in [4.78, 5) is 24.9. The molecule has 0 radical (unpaired) electrons. The molecule has 0 aromatic heterocycles. The minimum Gasteiger partial charge on any atom is -0.379 e. The van der Waals surface area contributed by atoms with Crippen LogP contribution in [-0.2, 0) is 9.59 Å². The number of carbonyl (C=O) groups excluding carboxylic acids is 2. The average Bonchev–Trinajstić information content (AvgIpc) is 2.59. The Labute approximate surface area is 158 Å². The number of alkyl halides is 2. The van der Waals surface area contributed by atoms with Crippen LogP contribution in [0.3, 0.4) is 0 Å². The second-order valence-corrected chi connectivity index (χ2v) is 8.10. The maximum absolute atomic E-state index is 14.1. The van der Waals surface area contributed by atoms with Crippen molar-refractivity contribution in [3.05, 3.63) is 11.1 Å². The van der Waals surface area contributed by atoms with E-state index in [0.717, 1.165) is 5.57 Å². The van der Waals surface area contributed by atoms with Gasteiger partial charge in [0.05, 0.1) is 12.5 Å². The molecular formula is C19H29F2N3O3. The van der Waals surface area contributed by atoms with Gasteiger partial charge in [-0.25, -0.2) is 8.78 Å². The molecule has 6 unspecified atom stereocenters. The van der Waals surface area contributed by atoms with Gasteiger partial charge in [-0.15, -0.1) is 0 Å². The van der Waals surface area contributed by atoms with Gasteiger partial charge in [-0.05, 0) is 45.1 Å². The van der Waals surface area contributed by atoms with E-state index in [0.29, 0.717) is 31.3 Å². The first-order chi connectivity index (χ1) is 12.8. The third-order valence-corrected chi connectivity index (χ3v) is 6.19. The van der Waals surface area contributed by atoms with Crippen LogP contribution in [0, 0.1) is 5.92 Å². The topological polar surface area (TPSA) is 90.5 Å². The number of piperidine rings is 1. The lowest BCUT2D eigenvalue weighted by Crippen LogP contribution is -2.60. The molecule has 0 aromatic carbocycles. The van der Waals surface area contributed by atoms with Crippen LogP contribution < -0.4 is 16.0 Å². The van der Waals surface area contributed by atoms with Crippen molar-refractivity contribution in [2.24, 2.45) is 5.92 Å². The largest absolute Gasteiger partial charge is 0.379 e. The fourth-order valence-corrected chi connectivity index (χ4v) is 4.56. The number of fused-ring (bicyclic) bond motifs is 1. The highest BCUT2D eigenvalue weighted by atomic mass is 19.1. The van der Waals surface area contributed by atoms with Crippen LogP contribution in [0.1, 0.15) is 52.4 Å². The molecule has 1 aliphatic carbocycles. The van der Waals surface area contributed by atoms with Gasteiger partial charge in [-0.2, -0.15) is 0 Å². The van der Waals surface area contributed by atoms with Crippen LogP contribution in [0.15, 0.2) is 11.1 Å². The molecule has 4 N–H and O–H groups in total. The summed E-state index contributed by atoms with van der Waals surface area (Å²) in [6, 6.07) is -0.702. The fraction of sp³-hybridized carbons (Fsp3) is 0.789. The smallest absolute Gasteiger partial charge is 0.248 e. The van der Waals surface area contributed by atoms with Crippen molar-refractivity contribution < 1.29 is 23.5 Å². The lowest BCUT2D eigenvalue weighted by atomic mass is 9.82. The summed E-state index contributed by atoms with van der Waals surface area (Å²) in [5.41, 5.74) is 1.14. The van der Waals surface area contributed by atoms with Gasteiger partial charge >= 0.3 is 0 Å². The third-order valence-electron chi connectivity index (χ3n) is 6.19. The standard InChI is InChI=1S/C19H29F2N3O3/c1-9-13(19(27)23-15-5-6-16(25)24-18(9)15)8-17(26)22-10(2)12-4-3-11(20)7-14(12)21/h10-12,14-16,18,24-25H,3-8H2,1-2H3,(H,22,26)(H,23,27)/t10-,11?,12?,14?,15?,16?,18?/m0/s1. The SMILES string of the molecule is CC1=C(CC(=O)N[C@@H](C)C2CCC(F)CC2F)C(=O)NC2CCC(O)NC12. The molecule has 2 aliphatic heterocycles. The van der Waals surface area contributed by atoms with Crippen molar-refractivity contribution in [1.29, 1.82) is 0 Å². The van der Waals surface area contributed by atoms with E-state index in [1.807, 2.05) is 0 Å². The number of nitrogens with one attached hydrogen (secondary N) is 3. The second-order valence-electron chi connectivity index (χ2n) is 8.10. The van der Waals surface area contributed by atoms with Crippen LogP contribution in [0.5, 0.6) is 0 Å². The molecule has 1 saturated carbocycles. The van der Waals surface area contributed by atoms with Gasteiger partial charge in [-0.3, -0.25) is 14.9 Å². The number of hydrogen-bond donors (Lipinski definition) is 4. The van der Waals surface area contributed by atoms with Crippen LogP contribution >= 0.6 is 0 Å². The molecule has 0 aromatic rings. The molecule has 3 rings (SSSR count). The monoisotopic (exact) mass is 385 g/mol. The lowest BCUT2D eigenvalue weighted by molar-refractivity contribution is -0.125. The molecular weight excluding hydrogens is 356 g/mol. The molecule has 7 atom stereocenters. The van der Waals surface area contributed by atoms with Crippen molar-refractivity contribution in [1.82, 2.24) is 16.0 Å². The van der Waals surface area contributed by atoms with E-state index >= 15 is 0 Å². The zero-order valence-electron chi connectivity index (χ0n) is 15.8. The van der Waals surface area contributed by atoms with E-state index in [9.17, 15) is 23.5 Å². The summed E-state index contributed by atoms with van der Waals surface area (Å²) in [6.07, 6.45) is -1.26. The van der Waals surface area contributed by atoms with Crippen molar-refractivity contribution in [2.45, 2.75) is 89.1 Å². The fourth-order valence-electron chi connectivity index (χ4n) is 4.56. The molecule has 0 spiro atoms. The first kappa shape index (κ1) is 20.2. The first-order valence-electron chi connectivity index (χ1n) is 9.78. The number of aliphatic hydroxyl groups is 1. The van der Waals surface area contributed by atoms with E-state index in [-0.39, 0.29) is 36.7 Å². The second kappa shape index (κ2) is 8.22. The molecule has 3 aliphatic rings. The number of amides is 2. The van der Waals surface area contributed by atoms with E-state index in [4.69, 9.17) is 0 Å². The quantitative estimate of drug-likeness (QED) is 0.586. The van der Waals surface area contributed by atoms with Crippen LogP contribution in [0.25, 0.3) is 0 Å². The Morgan fingerprint density at radius 3 is 2.74 bits per heavy atom. The maximum atomic E-state index is 14.1. The molecule has 6 nitrogen and oxygen atoms in total. The summed E-state index contributed by atoms with van der Waals surface area (Å²) in [7, 11) is 0. The minimum atomic E-state index is -1.27. The van der Waals surface area contributed by atoms with Crippen molar-refractivity contribution in [2.75, 3.05) is 0 Å². The third kappa shape index (κ3) is 4.48. The number of rotatable bonds is 4. The van der Waals surface area contributed by atoms with Crippen molar-refractivity contribution in [3.8, 4) is 0 Å². The van der Waals surface area contributed by atoms with Crippen molar-refractivity contribution >= 4 is 11.8 Å². The van der Waals surface area contributed by atoms with E-state index in [1.165, 1.54) is 0 Å². The molecule has 0 bridgehead atoms. The molecule has 27 heavy (non-hydrogen) atoms. The Balaban J connectivity index is 1.62. The minimum absolute atomic E-state index is 0.0881. The summed E-state index contributed by atoms with van der Waals surface area (Å²) >= 11 is 0. The molecule has 1 saturated heterocycles. The maximum Gasteiger partial charge on any atom is 0.248 e. The Bertz CT molecular complexity index is 627. The predicted molar refractivity (Wildman–Crippen MR) is 96.1 cm³/mol. The Morgan fingerprint density at radius 1 is 1.30 bits per heavy atom. The summed E-state index contributed by atoms with van der Waals surface area (Å²) in [5, 5.41) is 18.6. The molecule has 2 heterocycles. The van der Waals surface area contributed by atoms with Crippen LogP contribution in [0.2, 0.25) is 0 Å². The highest BCUT2D eigenvalue weighted by Crippen LogP contribution is 2.31. The van der Waals surface area contributed by atoms with E-state index < -0.39 is 30.5 Å². The van der Waals surface area contributed by atoms with Crippen molar-refractivity contribution in [3.63, 3.8) is 0 Å². The number of hydrogen-bond acceptors (Lipinski definition) is 4. The average molecular weight is 385 g/mol. The Hall–Kier alpha value is -1.54. The number of aliphatic hydroxyl groups excluding tert-OH is 1. The lowest BCUT2D eigenvalue weighted by Gasteiger charge is -2.40. The van der Waals surface area contributed by atoms with Gasteiger partial charge in [0.2, 0.25) is 11.8 Å².